The molecule has 0 aliphatic carbocycles. The zero-order chi connectivity index (χ0) is 16.9. The standard InChI is InChI=1S/C18H19FN2O2S/c19-15-4-3-13(10-20)14(8-15)11-21-5-6-23-12-16(21)9-17(22)18-2-1-7-24-18/h1-4,7-8,16-17,22H,5-6,9,11-12H2/t16-,17+/m1/s1. The Kier molecular flexibility index (Phi) is 5.59. The van der Waals surface area contributed by atoms with Crippen LogP contribution in [0.3, 0.4) is 0 Å². The van der Waals surface area contributed by atoms with Gasteiger partial charge in [0.15, 0.2) is 0 Å². The van der Waals surface area contributed by atoms with Gasteiger partial charge in [-0.1, -0.05) is 6.07 Å². The Morgan fingerprint density at radius 3 is 3.08 bits per heavy atom. The summed E-state index contributed by atoms with van der Waals surface area (Å²) in [4.78, 5) is 3.10. The molecule has 2 aromatic rings. The molecule has 24 heavy (non-hydrogen) atoms. The number of morpholine rings is 1. The minimum atomic E-state index is -0.540. The maximum Gasteiger partial charge on any atom is 0.123 e. The van der Waals surface area contributed by atoms with Gasteiger partial charge in [-0.3, -0.25) is 4.90 Å². The second-order valence-corrected chi connectivity index (χ2v) is 6.86. The fourth-order valence-corrected chi connectivity index (χ4v) is 3.71. The van der Waals surface area contributed by atoms with Crippen LogP contribution in [-0.4, -0.2) is 35.8 Å². The fourth-order valence-electron chi connectivity index (χ4n) is 2.99. The number of aliphatic hydroxyl groups is 1. The molecule has 6 heteroatoms. The number of hydrogen-bond acceptors (Lipinski definition) is 5. The summed E-state index contributed by atoms with van der Waals surface area (Å²) in [5, 5.41) is 21.6. The average Bonchev–Trinajstić information content (AvgIpc) is 3.11. The van der Waals surface area contributed by atoms with Crippen LogP contribution in [0, 0.1) is 17.1 Å². The van der Waals surface area contributed by atoms with Crippen LogP contribution >= 0.6 is 11.3 Å². The van der Waals surface area contributed by atoms with Gasteiger partial charge in [0.25, 0.3) is 0 Å². The van der Waals surface area contributed by atoms with Gasteiger partial charge >= 0.3 is 0 Å². The van der Waals surface area contributed by atoms with E-state index in [1.54, 1.807) is 0 Å². The highest BCUT2D eigenvalue weighted by Gasteiger charge is 2.27. The van der Waals surface area contributed by atoms with Crippen LogP contribution in [0.15, 0.2) is 35.7 Å². The first kappa shape index (κ1) is 17.1. The zero-order valence-corrected chi connectivity index (χ0v) is 14.0. The van der Waals surface area contributed by atoms with Crippen molar-refractivity contribution < 1.29 is 14.2 Å². The SMILES string of the molecule is N#Cc1ccc(F)cc1CN1CCOC[C@H]1C[C@H](O)c1cccs1. The molecule has 2 heterocycles. The molecule has 0 amide bonds. The number of nitrogens with zero attached hydrogens (tertiary/aromatic N) is 2. The van der Waals surface area contributed by atoms with Gasteiger partial charge < -0.3 is 9.84 Å². The highest BCUT2D eigenvalue weighted by molar-refractivity contribution is 7.10. The van der Waals surface area contributed by atoms with Crippen LogP contribution < -0.4 is 0 Å². The van der Waals surface area contributed by atoms with Gasteiger partial charge in [0.2, 0.25) is 0 Å². The lowest BCUT2D eigenvalue weighted by Gasteiger charge is -2.36. The van der Waals surface area contributed by atoms with Crippen molar-refractivity contribution in [1.82, 2.24) is 4.90 Å². The second kappa shape index (κ2) is 7.86. The van der Waals surface area contributed by atoms with Crippen molar-refractivity contribution in [2.45, 2.75) is 25.1 Å². The first-order valence-electron chi connectivity index (χ1n) is 7.89. The molecule has 0 radical (unpaired) electrons. The van der Waals surface area contributed by atoms with E-state index in [1.807, 2.05) is 17.5 Å². The Hall–Kier alpha value is -1.78. The summed E-state index contributed by atoms with van der Waals surface area (Å²) in [5.74, 6) is -0.340. The summed E-state index contributed by atoms with van der Waals surface area (Å²) in [6.45, 7) is 2.30. The van der Waals surface area contributed by atoms with Gasteiger partial charge in [0, 0.05) is 24.0 Å². The van der Waals surface area contributed by atoms with E-state index in [4.69, 9.17) is 4.74 Å². The van der Waals surface area contributed by atoms with Gasteiger partial charge in [-0.15, -0.1) is 11.3 Å². The highest BCUT2D eigenvalue weighted by atomic mass is 32.1. The van der Waals surface area contributed by atoms with Gasteiger partial charge in [0.05, 0.1) is 31.0 Å². The van der Waals surface area contributed by atoms with Crippen LogP contribution in [0.2, 0.25) is 0 Å². The molecule has 2 atom stereocenters. The Labute approximate surface area is 144 Å². The second-order valence-electron chi connectivity index (χ2n) is 5.88. The summed E-state index contributed by atoms with van der Waals surface area (Å²) in [6.07, 6.45) is 0.0136. The van der Waals surface area contributed by atoms with Crippen LogP contribution in [0.4, 0.5) is 4.39 Å². The van der Waals surface area contributed by atoms with E-state index in [0.717, 1.165) is 4.88 Å². The molecule has 0 saturated carbocycles. The predicted octanol–water partition coefficient (Wildman–Crippen LogP) is 3.08. The molecule has 1 N–H and O–H groups in total. The molecular formula is C18H19FN2O2S. The molecule has 3 rings (SSSR count). The molecule has 1 aromatic carbocycles. The molecule has 1 fully saturated rings. The number of ether oxygens (including phenoxy) is 1. The molecule has 1 saturated heterocycles. The third-order valence-electron chi connectivity index (χ3n) is 4.28. The Bertz CT molecular complexity index is 714. The molecule has 0 unspecified atom stereocenters. The maximum absolute atomic E-state index is 13.5. The number of aliphatic hydroxyl groups excluding tert-OH is 1. The lowest BCUT2D eigenvalue weighted by atomic mass is 10.0. The zero-order valence-electron chi connectivity index (χ0n) is 13.2. The van der Waals surface area contributed by atoms with Gasteiger partial charge in [-0.25, -0.2) is 4.39 Å². The minimum Gasteiger partial charge on any atom is -0.388 e. The number of benzene rings is 1. The minimum absolute atomic E-state index is 0.0330. The molecule has 0 bridgehead atoms. The molecule has 126 valence electrons. The molecule has 4 nitrogen and oxygen atoms in total. The summed E-state index contributed by atoms with van der Waals surface area (Å²) < 4.78 is 19.1. The third-order valence-corrected chi connectivity index (χ3v) is 5.25. The summed E-state index contributed by atoms with van der Waals surface area (Å²) in [7, 11) is 0. The van der Waals surface area contributed by atoms with E-state index in [-0.39, 0.29) is 11.9 Å². The lowest BCUT2D eigenvalue weighted by Crippen LogP contribution is -2.45. The number of rotatable bonds is 5. The van der Waals surface area contributed by atoms with Gasteiger partial charge in [-0.2, -0.15) is 5.26 Å². The third kappa shape index (κ3) is 4.00. The first-order valence-corrected chi connectivity index (χ1v) is 8.77. The van der Waals surface area contributed by atoms with E-state index in [1.165, 1.54) is 29.5 Å². The Morgan fingerprint density at radius 2 is 2.33 bits per heavy atom. The van der Waals surface area contributed by atoms with E-state index < -0.39 is 6.10 Å². The molecule has 1 aromatic heterocycles. The van der Waals surface area contributed by atoms with Crippen molar-refractivity contribution in [1.29, 1.82) is 5.26 Å². The summed E-state index contributed by atoms with van der Waals surface area (Å²) in [5.41, 5.74) is 1.16. The monoisotopic (exact) mass is 346 g/mol. The van der Waals surface area contributed by atoms with E-state index in [2.05, 4.69) is 11.0 Å². The summed E-state index contributed by atoms with van der Waals surface area (Å²) >= 11 is 1.53. The number of thiophene rings is 1. The van der Waals surface area contributed by atoms with Gasteiger partial charge in [-0.05, 0) is 41.6 Å². The lowest BCUT2D eigenvalue weighted by molar-refractivity contribution is -0.0296. The van der Waals surface area contributed by atoms with Crippen molar-refractivity contribution in [3.8, 4) is 6.07 Å². The van der Waals surface area contributed by atoms with Crippen LogP contribution in [-0.2, 0) is 11.3 Å². The van der Waals surface area contributed by atoms with Crippen molar-refractivity contribution in [3.63, 3.8) is 0 Å². The fraction of sp³-hybridized carbons (Fsp3) is 0.389. The molecule has 1 aliphatic rings. The van der Waals surface area contributed by atoms with Crippen LogP contribution in [0.25, 0.3) is 0 Å². The number of halogens is 1. The largest absolute Gasteiger partial charge is 0.388 e. The van der Waals surface area contributed by atoms with E-state index >= 15 is 0 Å². The highest BCUT2D eigenvalue weighted by Crippen LogP contribution is 2.27. The topological polar surface area (TPSA) is 56.5 Å². The maximum atomic E-state index is 13.5. The Balaban J connectivity index is 1.73. The van der Waals surface area contributed by atoms with Gasteiger partial charge in [0.1, 0.15) is 5.82 Å². The smallest absolute Gasteiger partial charge is 0.123 e. The van der Waals surface area contributed by atoms with E-state index in [0.29, 0.717) is 43.9 Å². The number of hydrogen-bond donors (Lipinski definition) is 1. The van der Waals surface area contributed by atoms with Crippen molar-refractivity contribution in [2.24, 2.45) is 0 Å². The van der Waals surface area contributed by atoms with Crippen LogP contribution in [0.1, 0.15) is 28.5 Å². The average molecular weight is 346 g/mol. The molecular weight excluding hydrogens is 327 g/mol. The van der Waals surface area contributed by atoms with Crippen molar-refractivity contribution in [2.75, 3.05) is 19.8 Å². The first-order chi connectivity index (χ1) is 11.7. The Morgan fingerprint density at radius 1 is 1.46 bits per heavy atom. The van der Waals surface area contributed by atoms with Crippen LogP contribution in [0.5, 0.6) is 0 Å². The normalized spacial score (nSPS) is 19.8. The molecule has 0 spiro atoms. The number of nitriles is 1. The predicted molar refractivity (Wildman–Crippen MR) is 90.0 cm³/mol. The quantitative estimate of drug-likeness (QED) is 0.904. The summed E-state index contributed by atoms with van der Waals surface area (Å²) in [6, 6.07) is 10.2. The molecule has 1 aliphatic heterocycles. The van der Waals surface area contributed by atoms with Crippen molar-refractivity contribution >= 4 is 11.3 Å². The van der Waals surface area contributed by atoms with E-state index in [9.17, 15) is 14.8 Å². The van der Waals surface area contributed by atoms with Crippen molar-refractivity contribution in [3.05, 3.63) is 57.5 Å².